The van der Waals surface area contributed by atoms with Crippen LogP contribution in [0.3, 0.4) is 0 Å². The molecule has 0 fully saturated rings. The Morgan fingerprint density at radius 1 is 0.818 bits per heavy atom. The Labute approximate surface area is 126 Å². The molecule has 0 heterocycles. The third kappa shape index (κ3) is 4.41. The maximum Gasteiger partial charge on any atom is 0.323 e. The molecule has 0 spiro atoms. The third-order valence-electron chi connectivity index (χ3n) is 2.60. The molecule has 2 rings (SSSR count). The normalized spacial score (nSPS) is 9.86. The summed E-state index contributed by atoms with van der Waals surface area (Å²) in [5.74, 6) is -0.539. The quantitative estimate of drug-likeness (QED) is 0.600. The molecule has 5 N–H and O–H groups in total. The number of phenolic OH excluding ortho intramolecular Hbond substituents is 2. The van der Waals surface area contributed by atoms with E-state index in [0.29, 0.717) is 11.4 Å². The first-order valence-corrected chi connectivity index (χ1v) is 6.41. The van der Waals surface area contributed by atoms with Gasteiger partial charge in [0.15, 0.2) is 0 Å². The summed E-state index contributed by atoms with van der Waals surface area (Å²) in [5.41, 5.74) is 1.28. The summed E-state index contributed by atoms with van der Waals surface area (Å²) in [4.78, 5) is 22.9. The van der Waals surface area contributed by atoms with E-state index in [1.165, 1.54) is 19.1 Å². The van der Waals surface area contributed by atoms with Crippen LogP contribution in [0.2, 0.25) is 0 Å². The van der Waals surface area contributed by atoms with Crippen LogP contribution in [0.15, 0.2) is 42.5 Å². The first kappa shape index (κ1) is 15.2. The number of hydrogen-bond acceptors (Lipinski definition) is 4. The lowest BCUT2D eigenvalue weighted by Gasteiger charge is -2.10. The predicted molar refractivity (Wildman–Crippen MR) is 83.2 cm³/mol. The minimum absolute atomic E-state index is 0.164. The second-order valence-corrected chi connectivity index (χ2v) is 4.58. The number of benzene rings is 2. The van der Waals surface area contributed by atoms with E-state index < -0.39 is 6.03 Å². The van der Waals surface area contributed by atoms with Crippen LogP contribution < -0.4 is 16.0 Å². The van der Waals surface area contributed by atoms with Crippen molar-refractivity contribution in [1.29, 1.82) is 0 Å². The van der Waals surface area contributed by atoms with Gasteiger partial charge in [-0.25, -0.2) is 4.79 Å². The third-order valence-corrected chi connectivity index (χ3v) is 2.60. The van der Waals surface area contributed by atoms with Gasteiger partial charge >= 0.3 is 6.03 Å². The first-order valence-electron chi connectivity index (χ1n) is 6.41. The highest BCUT2D eigenvalue weighted by molar-refractivity contribution is 6.00. The van der Waals surface area contributed by atoms with E-state index in [-0.39, 0.29) is 23.1 Å². The number of phenols is 2. The van der Waals surface area contributed by atoms with E-state index in [2.05, 4.69) is 16.0 Å². The molecule has 0 saturated heterocycles. The molecule has 3 amide bonds. The summed E-state index contributed by atoms with van der Waals surface area (Å²) in [5, 5.41) is 26.3. The number of anilines is 3. The Morgan fingerprint density at radius 3 is 1.95 bits per heavy atom. The summed E-state index contributed by atoms with van der Waals surface area (Å²) in [7, 11) is 0. The Morgan fingerprint density at radius 2 is 1.36 bits per heavy atom. The SMILES string of the molecule is CC(=O)Nc1cccc(NC(=O)Nc2cc(O)cc(O)c2)c1. The first-order chi connectivity index (χ1) is 10.4. The van der Waals surface area contributed by atoms with Gasteiger partial charge in [-0.1, -0.05) is 6.07 Å². The molecule has 7 nitrogen and oxygen atoms in total. The molecule has 2 aromatic rings. The molecule has 0 aromatic heterocycles. The minimum Gasteiger partial charge on any atom is -0.508 e. The monoisotopic (exact) mass is 301 g/mol. The summed E-state index contributed by atoms with van der Waals surface area (Å²) in [6.07, 6.45) is 0. The van der Waals surface area contributed by atoms with Crippen molar-refractivity contribution in [3.05, 3.63) is 42.5 Å². The molecular formula is C15H15N3O4. The molecule has 0 saturated carbocycles. The Hall–Kier alpha value is -3.22. The molecule has 7 heteroatoms. The van der Waals surface area contributed by atoms with Crippen LogP contribution in [-0.2, 0) is 4.79 Å². The molecule has 0 radical (unpaired) electrons. The number of carbonyl (C=O) groups is 2. The molecule has 22 heavy (non-hydrogen) atoms. The van der Waals surface area contributed by atoms with E-state index >= 15 is 0 Å². The van der Waals surface area contributed by atoms with E-state index in [4.69, 9.17) is 0 Å². The predicted octanol–water partition coefficient (Wildman–Crippen LogP) is 2.70. The van der Waals surface area contributed by atoms with Crippen LogP contribution in [0.25, 0.3) is 0 Å². The lowest BCUT2D eigenvalue weighted by Crippen LogP contribution is -2.19. The number of rotatable bonds is 3. The van der Waals surface area contributed by atoms with Gasteiger partial charge in [-0.3, -0.25) is 4.79 Å². The molecule has 0 aliphatic carbocycles. The highest BCUT2D eigenvalue weighted by Crippen LogP contribution is 2.24. The molecule has 2 aromatic carbocycles. The molecule has 0 atom stereocenters. The average Bonchev–Trinajstić information content (AvgIpc) is 2.36. The van der Waals surface area contributed by atoms with Gasteiger partial charge in [0.2, 0.25) is 5.91 Å². The highest BCUT2D eigenvalue weighted by Gasteiger charge is 2.06. The highest BCUT2D eigenvalue weighted by atomic mass is 16.3. The fourth-order valence-electron chi connectivity index (χ4n) is 1.84. The molecule has 0 bridgehead atoms. The largest absolute Gasteiger partial charge is 0.508 e. The maximum atomic E-state index is 11.9. The summed E-state index contributed by atoms with van der Waals surface area (Å²) < 4.78 is 0. The van der Waals surface area contributed by atoms with Crippen LogP contribution in [0, 0.1) is 0 Å². The number of carbonyl (C=O) groups excluding carboxylic acids is 2. The number of amides is 3. The molecule has 0 aliphatic rings. The van der Waals surface area contributed by atoms with E-state index in [0.717, 1.165) is 6.07 Å². The summed E-state index contributed by atoms with van der Waals surface area (Å²) >= 11 is 0. The lowest BCUT2D eigenvalue weighted by molar-refractivity contribution is -0.114. The molecule has 0 unspecified atom stereocenters. The Kier molecular flexibility index (Phi) is 4.47. The van der Waals surface area contributed by atoms with Crippen molar-refractivity contribution in [2.24, 2.45) is 0 Å². The fraction of sp³-hybridized carbons (Fsp3) is 0.0667. The van der Waals surface area contributed by atoms with Crippen LogP contribution in [0.4, 0.5) is 21.9 Å². The van der Waals surface area contributed by atoms with Crippen LogP contribution >= 0.6 is 0 Å². The van der Waals surface area contributed by atoms with Gasteiger partial charge in [-0.15, -0.1) is 0 Å². The lowest BCUT2D eigenvalue weighted by atomic mass is 10.2. The van der Waals surface area contributed by atoms with Crippen molar-refractivity contribution in [3.63, 3.8) is 0 Å². The fourth-order valence-corrected chi connectivity index (χ4v) is 1.84. The maximum absolute atomic E-state index is 11.9. The topological polar surface area (TPSA) is 111 Å². The molecule has 0 aliphatic heterocycles. The smallest absolute Gasteiger partial charge is 0.323 e. The molecule has 114 valence electrons. The van der Waals surface area contributed by atoms with Crippen LogP contribution in [-0.4, -0.2) is 22.2 Å². The minimum atomic E-state index is -0.551. The Balaban J connectivity index is 2.04. The van der Waals surface area contributed by atoms with Gasteiger partial charge in [-0.2, -0.15) is 0 Å². The zero-order chi connectivity index (χ0) is 16.1. The van der Waals surface area contributed by atoms with Gasteiger partial charge < -0.3 is 26.2 Å². The van der Waals surface area contributed by atoms with Crippen molar-refractivity contribution >= 4 is 29.0 Å². The second kappa shape index (κ2) is 6.49. The van der Waals surface area contributed by atoms with Crippen LogP contribution in [0.1, 0.15) is 6.92 Å². The zero-order valence-electron chi connectivity index (χ0n) is 11.8. The van der Waals surface area contributed by atoms with Crippen molar-refractivity contribution in [2.75, 3.05) is 16.0 Å². The zero-order valence-corrected chi connectivity index (χ0v) is 11.8. The van der Waals surface area contributed by atoms with Gasteiger partial charge in [0.25, 0.3) is 0 Å². The van der Waals surface area contributed by atoms with Gasteiger partial charge in [0.05, 0.1) is 0 Å². The number of nitrogens with one attached hydrogen (secondary N) is 3. The second-order valence-electron chi connectivity index (χ2n) is 4.58. The van der Waals surface area contributed by atoms with Crippen molar-refractivity contribution in [3.8, 4) is 11.5 Å². The number of urea groups is 1. The van der Waals surface area contributed by atoms with Gasteiger partial charge in [0.1, 0.15) is 11.5 Å². The summed E-state index contributed by atoms with van der Waals surface area (Å²) in [6, 6.07) is 9.83. The van der Waals surface area contributed by atoms with Crippen molar-refractivity contribution in [2.45, 2.75) is 6.92 Å². The average molecular weight is 301 g/mol. The van der Waals surface area contributed by atoms with E-state index in [1.54, 1.807) is 24.3 Å². The van der Waals surface area contributed by atoms with Gasteiger partial charge in [0, 0.05) is 42.2 Å². The van der Waals surface area contributed by atoms with Crippen molar-refractivity contribution < 1.29 is 19.8 Å². The van der Waals surface area contributed by atoms with E-state index in [1.807, 2.05) is 0 Å². The van der Waals surface area contributed by atoms with Crippen molar-refractivity contribution in [1.82, 2.24) is 0 Å². The van der Waals surface area contributed by atoms with Crippen LogP contribution in [0.5, 0.6) is 11.5 Å². The number of hydrogen-bond donors (Lipinski definition) is 5. The summed E-state index contributed by atoms with van der Waals surface area (Å²) in [6.45, 7) is 1.39. The molecular weight excluding hydrogens is 286 g/mol. The standard InChI is InChI=1S/C15H15N3O4/c1-9(19)16-10-3-2-4-11(5-10)17-15(22)18-12-6-13(20)8-14(21)7-12/h2-8,20-21H,1H3,(H,16,19)(H2,17,18,22). The van der Waals surface area contributed by atoms with Gasteiger partial charge in [-0.05, 0) is 18.2 Å². The van der Waals surface area contributed by atoms with E-state index in [9.17, 15) is 19.8 Å². The Bertz CT molecular complexity index is 695. The number of aromatic hydroxyl groups is 2.